The van der Waals surface area contributed by atoms with Gasteiger partial charge in [-0.25, -0.2) is 18.6 Å². The van der Waals surface area contributed by atoms with Gasteiger partial charge in [-0.2, -0.15) is 4.98 Å². The third-order valence-corrected chi connectivity index (χ3v) is 9.36. The molecule has 0 radical (unpaired) electrons. The van der Waals surface area contributed by atoms with E-state index in [0.29, 0.717) is 45.6 Å². The standard InChI is InChI=1S/C32H29F2N7O3S/c1-5-22(42)39-10-11-40-17(13-39)14-44-28-23-21(12-19(24(28)34)18-6-7-20(33)26-29(18)45-31(35)37-26)41(32(43)38-30(23)40)27-16(4)8-9-36-25(27)15(2)3/h5-9,12,15,17H,1,10-11,13-14H2,2-4H3,(H2,35,37). The van der Waals surface area contributed by atoms with Gasteiger partial charge in [-0.05, 0) is 48.7 Å². The topological polar surface area (TPSA) is 119 Å². The first-order valence-electron chi connectivity index (χ1n) is 14.5. The van der Waals surface area contributed by atoms with Crippen LogP contribution in [0.5, 0.6) is 5.75 Å². The highest BCUT2D eigenvalue weighted by Crippen LogP contribution is 2.46. The Morgan fingerprint density at radius 3 is 2.76 bits per heavy atom. The maximum atomic E-state index is 16.9. The normalized spacial score (nSPS) is 16.2. The highest BCUT2D eigenvalue weighted by molar-refractivity contribution is 7.22. The van der Waals surface area contributed by atoms with Crippen molar-refractivity contribution in [3.8, 4) is 22.6 Å². The summed E-state index contributed by atoms with van der Waals surface area (Å²) < 4.78 is 39.7. The van der Waals surface area contributed by atoms with Crippen molar-refractivity contribution in [2.45, 2.75) is 32.7 Å². The number of hydrogen-bond donors (Lipinski definition) is 1. The van der Waals surface area contributed by atoms with E-state index in [-0.39, 0.29) is 52.8 Å². The second-order valence-corrected chi connectivity index (χ2v) is 12.5. The van der Waals surface area contributed by atoms with Crippen LogP contribution in [0.15, 0.2) is 47.9 Å². The maximum absolute atomic E-state index is 16.9. The van der Waals surface area contributed by atoms with Crippen molar-refractivity contribution < 1.29 is 18.3 Å². The summed E-state index contributed by atoms with van der Waals surface area (Å²) in [5.74, 6) is -1.36. The monoisotopic (exact) mass is 629 g/mol. The molecular weight excluding hydrogens is 600 g/mol. The minimum absolute atomic E-state index is 0.0243. The minimum Gasteiger partial charge on any atom is -0.487 e. The summed E-state index contributed by atoms with van der Waals surface area (Å²) >= 11 is 1.04. The van der Waals surface area contributed by atoms with E-state index < -0.39 is 23.4 Å². The van der Waals surface area contributed by atoms with Crippen molar-refractivity contribution in [2.75, 3.05) is 36.9 Å². The molecule has 1 atom stereocenters. The molecular formula is C32H29F2N7O3S. The molecule has 0 spiro atoms. The summed E-state index contributed by atoms with van der Waals surface area (Å²) in [5, 5.41) is 0.459. The van der Waals surface area contributed by atoms with Crippen LogP contribution in [-0.2, 0) is 4.79 Å². The fraction of sp³-hybridized carbons (Fsp3) is 0.281. The van der Waals surface area contributed by atoms with E-state index in [4.69, 9.17) is 10.5 Å². The molecule has 1 saturated heterocycles. The summed E-state index contributed by atoms with van der Waals surface area (Å²) in [6.07, 6.45) is 2.94. The molecule has 0 saturated carbocycles. The van der Waals surface area contributed by atoms with Crippen molar-refractivity contribution >= 4 is 49.3 Å². The lowest BCUT2D eigenvalue weighted by molar-refractivity contribution is -0.126. The number of rotatable bonds is 4. The maximum Gasteiger partial charge on any atom is 0.354 e. The first kappa shape index (κ1) is 28.8. The molecule has 10 nitrogen and oxygen atoms in total. The zero-order chi connectivity index (χ0) is 31.7. The number of nitrogen functional groups attached to an aromatic ring is 1. The molecule has 7 rings (SSSR count). The molecule has 45 heavy (non-hydrogen) atoms. The minimum atomic E-state index is -0.693. The van der Waals surface area contributed by atoms with E-state index in [9.17, 15) is 14.0 Å². The fourth-order valence-corrected chi connectivity index (χ4v) is 7.22. The second-order valence-electron chi connectivity index (χ2n) is 11.5. The molecule has 3 aromatic heterocycles. The predicted octanol–water partition coefficient (Wildman–Crippen LogP) is 4.95. The zero-order valence-electron chi connectivity index (χ0n) is 24.8. The smallest absolute Gasteiger partial charge is 0.354 e. The van der Waals surface area contributed by atoms with Gasteiger partial charge < -0.3 is 20.3 Å². The molecule has 2 aliphatic rings. The number of fused-ring (bicyclic) bond motifs is 3. The molecule has 230 valence electrons. The summed E-state index contributed by atoms with van der Waals surface area (Å²) in [7, 11) is 0. The lowest BCUT2D eigenvalue weighted by atomic mass is 10.00. The predicted molar refractivity (Wildman–Crippen MR) is 170 cm³/mol. The van der Waals surface area contributed by atoms with Gasteiger partial charge in [0.1, 0.15) is 23.8 Å². The van der Waals surface area contributed by atoms with Gasteiger partial charge in [0, 0.05) is 37.0 Å². The fourth-order valence-electron chi connectivity index (χ4n) is 6.34. The number of ether oxygens (including phenoxy) is 1. The van der Waals surface area contributed by atoms with E-state index in [1.807, 2.05) is 31.7 Å². The van der Waals surface area contributed by atoms with E-state index in [1.165, 1.54) is 22.8 Å². The van der Waals surface area contributed by atoms with Crippen LogP contribution in [0.2, 0.25) is 0 Å². The number of amides is 1. The number of carbonyl (C=O) groups excluding carboxylic acids is 1. The Morgan fingerprint density at radius 2 is 2.00 bits per heavy atom. The average Bonchev–Trinajstić information content (AvgIpc) is 3.34. The van der Waals surface area contributed by atoms with Crippen LogP contribution in [0.4, 0.5) is 19.7 Å². The van der Waals surface area contributed by atoms with Crippen LogP contribution in [0.1, 0.15) is 31.0 Å². The highest BCUT2D eigenvalue weighted by Gasteiger charge is 2.37. The molecule has 0 aliphatic carbocycles. The number of piperazine rings is 1. The van der Waals surface area contributed by atoms with Crippen LogP contribution in [0.3, 0.4) is 0 Å². The van der Waals surface area contributed by atoms with Gasteiger partial charge in [-0.15, -0.1) is 0 Å². The van der Waals surface area contributed by atoms with E-state index in [1.54, 1.807) is 17.2 Å². The first-order chi connectivity index (χ1) is 21.6. The van der Waals surface area contributed by atoms with Crippen molar-refractivity contribution in [1.29, 1.82) is 0 Å². The molecule has 0 bridgehead atoms. The largest absolute Gasteiger partial charge is 0.487 e. The first-order valence-corrected chi connectivity index (χ1v) is 15.3. The van der Waals surface area contributed by atoms with Gasteiger partial charge in [-0.3, -0.25) is 14.3 Å². The van der Waals surface area contributed by atoms with Gasteiger partial charge >= 0.3 is 5.69 Å². The number of aryl methyl sites for hydroxylation is 1. The van der Waals surface area contributed by atoms with Gasteiger partial charge in [0.05, 0.1) is 33.0 Å². The molecule has 1 unspecified atom stereocenters. The number of anilines is 2. The van der Waals surface area contributed by atoms with Crippen molar-refractivity contribution in [3.63, 3.8) is 0 Å². The summed E-state index contributed by atoms with van der Waals surface area (Å²) in [6.45, 7) is 10.4. The number of pyridine rings is 1. The van der Waals surface area contributed by atoms with Gasteiger partial charge in [0.25, 0.3) is 0 Å². The van der Waals surface area contributed by atoms with Crippen molar-refractivity contribution in [3.05, 3.63) is 76.5 Å². The third-order valence-electron chi connectivity index (χ3n) is 8.44. The Balaban J connectivity index is 1.58. The molecule has 2 aliphatic heterocycles. The number of nitrogens with two attached hydrogens (primary N) is 1. The summed E-state index contributed by atoms with van der Waals surface area (Å²) in [4.78, 5) is 43.5. The second kappa shape index (κ2) is 10.6. The van der Waals surface area contributed by atoms with Gasteiger partial charge in [-0.1, -0.05) is 31.8 Å². The lowest BCUT2D eigenvalue weighted by Crippen LogP contribution is -2.56. The molecule has 5 aromatic rings. The number of nitrogens with zero attached hydrogens (tertiary/aromatic N) is 6. The van der Waals surface area contributed by atoms with Crippen LogP contribution in [-0.4, -0.2) is 62.6 Å². The number of hydrogen-bond acceptors (Lipinski definition) is 9. The third kappa shape index (κ3) is 4.44. The summed E-state index contributed by atoms with van der Waals surface area (Å²) in [5.41, 5.74) is 8.22. The Kier molecular flexibility index (Phi) is 6.80. The molecule has 2 aromatic carbocycles. The number of halogens is 2. The van der Waals surface area contributed by atoms with E-state index >= 15 is 4.39 Å². The van der Waals surface area contributed by atoms with Gasteiger partial charge in [0.15, 0.2) is 16.7 Å². The molecule has 2 N–H and O–H groups in total. The Bertz CT molecular complexity index is 2130. The highest BCUT2D eigenvalue weighted by atomic mass is 32.1. The van der Waals surface area contributed by atoms with Gasteiger partial charge in [0.2, 0.25) is 5.91 Å². The van der Waals surface area contributed by atoms with Crippen LogP contribution < -0.4 is 21.1 Å². The molecule has 1 fully saturated rings. The lowest BCUT2D eigenvalue weighted by Gasteiger charge is -2.40. The number of carbonyl (C=O) groups is 1. The van der Waals surface area contributed by atoms with Crippen LogP contribution in [0, 0.1) is 18.6 Å². The zero-order valence-corrected chi connectivity index (χ0v) is 25.6. The van der Waals surface area contributed by atoms with E-state index in [0.717, 1.165) is 16.9 Å². The van der Waals surface area contributed by atoms with Crippen molar-refractivity contribution in [2.24, 2.45) is 0 Å². The molecule has 5 heterocycles. The molecule has 13 heteroatoms. The Hall–Kier alpha value is -4.91. The Labute approximate surface area is 260 Å². The van der Waals surface area contributed by atoms with Crippen LogP contribution in [0.25, 0.3) is 37.9 Å². The number of thiazole rings is 1. The molecule has 1 amide bonds. The Morgan fingerprint density at radius 1 is 1.20 bits per heavy atom. The average molecular weight is 630 g/mol. The summed E-state index contributed by atoms with van der Waals surface area (Å²) in [6, 6.07) is 5.68. The van der Waals surface area contributed by atoms with Crippen molar-refractivity contribution in [1.82, 2.24) is 24.4 Å². The quantitative estimate of drug-likeness (QED) is 0.278. The number of aromatic nitrogens is 4. The SMILES string of the molecule is C=CC(=O)N1CCN2c3nc(=O)n(-c4c(C)ccnc4C(C)C)c4cc(-c5ccc(F)c6nc(N)sc56)c(F)c(c34)OCC2C1. The van der Waals surface area contributed by atoms with E-state index in [2.05, 4.69) is 21.5 Å². The van der Waals surface area contributed by atoms with Crippen LogP contribution >= 0.6 is 11.3 Å². The number of benzene rings is 2.